The van der Waals surface area contributed by atoms with Crippen molar-refractivity contribution < 1.29 is 13.2 Å². The zero-order valence-electron chi connectivity index (χ0n) is 13.1. The number of hydrogen-bond donors (Lipinski definition) is 1. The summed E-state index contributed by atoms with van der Waals surface area (Å²) in [6, 6.07) is 6.35. The molecule has 7 nitrogen and oxygen atoms in total. The van der Waals surface area contributed by atoms with Crippen LogP contribution in [0.15, 0.2) is 41.3 Å². The molecule has 128 valence electrons. The Morgan fingerprint density at radius 3 is 2.88 bits per heavy atom. The van der Waals surface area contributed by atoms with Gasteiger partial charge in [-0.05, 0) is 18.2 Å². The lowest BCUT2D eigenvalue weighted by Crippen LogP contribution is -2.25. The number of nitrogens with one attached hydrogen (secondary N) is 1. The van der Waals surface area contributed by atoms with E-state index >= 15 is 0 Å². The predicted molar refractivity (Wildman–Crippen MR) is 98.5 cm³/mol. The largest absolute Gasteiger partial charge is 0.296 e. The summed E-state index contributed by atoms with van der Waals surface area (Å²) in [6.07, 6.45) is 2.86. The van der Waals surface area contributed by atoms with E-state index in [1.807, 2.05) is 0 Å². The van der Waals surface area contributed by atoms with E-state index in [1.54, 1.807) is 24.3 Å². The molecule has 0 saturated heterocycles. The standard InChI is InChI=1S/C14H16N4O3S3/c1-4-8-22-14-17-16-13(23-14)15-12(19)10-6-5-7-11(9-10)18(2)24(3,20)21/h4-7,9H,1,8H2,2-3H3,(H,15,16,19). The molecule has 0 fully saturated rings. The van der Waals surface area contributed by atoms with Crippen LogP contribution >= 0.6 is 23.1 Å². The van der Waals surface area contributed by atoms with E-state index in [2.05, 4.69) is 22.1 Å². The molecule has 0 spiro atoms. The van der Waals surface area contributed by atoms with Gasteiger partial charge in [0.2, 0.25) is 15.2 Å². The molecule has 1 amide bonds. The average molecular weight is 385 g/mol. The highest BCUT2D eigenvalue weighted by Crippen LogP contribution is 2.26. The van der Waals surface area contributed by atoms with Crippen molar-refractivity contribution in [1.29, 1.82) is 0 Å². The fraction of sp³-hybridized carbons (Fsp3) is 0.214. The molecule has 1 heterocycles. The fourth-order valence-corrected chi connectivity index (χ4v) is 3.66. The Hall–Kier alpha value is -1.91. The first-order valence-electron chi connectivity index (χ1n) is 6.74. The molecule has 0 atom stereocenters. The number of thioether (sulfide) groups is 1. The maximum atomic E-state index is 12.3. The number of benzene rings is 1. The third kappa shape index (κ3) is 4.79. The summed E-state index contributed by atoms with van der Waals surface area (Å²) in [5.74, 6) is 0.331. The van der Waals surface area contributed by atoms with Crippen molar-refractivity contribution in [1.82, 2.24) is 10.2 Å². The smallest absolute Gasteiger partial charge is 0.257 e. The summed E-state index contributed by atoms with van der Waals surface area (Å²) >= 11 is 2.74. The number of sulfonamides is 1. The maximum Gasteiger partial charge on any atom is 0.257 e. The van der Waals surface area contributed by atoms with Gasteiger partial charge in [0.1, 0.15) is 0 Å². The highest BCUT2D eigenvalue weighted by atomic mass is 32.2. The molecule has 0 saturated carbocycles. The molecule has 1 aromatic heterocycles. The summed E-state index contributed by atoms with van der Waals surface area (Å²) in [4.78, 5) is 12.3. The van der Waals surface area contributed by atoms with Gasteiger partial charge in [0.25, 0.3) is 5.91 Å². The fourth-order valence-electron chi connectivity index (χ4n) is 1.65. The van der Waals surface area contributed by atoms with Gasteiger partial charge in [-0.1, -0.05) is 35.2 Å². The Morgan fingerprint density at radius 2 is 2.21 bits per heavy atom. The minimum atomic E-state index is -3.39. The predicted octanol–water partition coefficient (Wildman–Crippen LogP) is 2.46. The van der Waals surface area contributed by atoms with Crippen LogP contribution in [0, 0.1) is 0 Å². The summed E-state index contributed by atoms with van der Waals surface area (Å²) in [6.45, 7) is 3.63. The number of rotatable bonds is 7. The van der Waals surface area contributed by atoms with Gasteiger partial charge in [0.05, 0.1) is 11.9 Å². The second kappa shape index (κ2) is 7.77. The van der Waals surface area contributed by atoms with Crippen LogP contribution in [-0.2, 0) is 10.0 Å². The van der Waals surface area contributed by atoms with Crippen LogP contribution in [0.1, 0.15) is 10.4 Å². The van der Waals surface area contributed by atoms with Crippen molar-refractivity contribution in [2.45, 2.75) is 4.34 Å². The van der Waals surface area contributed by atoms with E-state index in [0.29, 0.717) is 22.1 Å². The van der Waals surface area contributed by atoms with E-state index in [9.17, 15) is 13.2 Å². The summed E-state index contributed by atoms with van der Waals surface area (Å²) in [5, 5.41) is 10.9. The highest BCUT2D eigenvalue weighted by Gasteiger charge is 2.15. The normalized spacial score (nSPS) is 11.1. The van der Waals surface area contributed by atoms with Crippen molar-refractivity contribution in [2.24, 2.45) is 0 Å². The van der Waals surface area contributed by atoms with E-state index in [4.69, 9.17) is 0 Å². The SMILES string of the molecule is C=CCSc1nnc(NC(=O)c2cccc(N(C)S(C)(=O)=O)c2)s1. The van der Waals surface area contributed by atoms with Crippen LogP contribution in [0.4, 0.5) is 10.8 Å². The number of anilines is 2. The molecule has 2 rings (SSSR count). The van der Waals surface area contributed by atoms with Crippen LogP contribution in [0.3, 0.4) is 0 Å². The third-order valence-electron chi connectivity index (χ3n) is 2.92. The molecular formula is C14H16N4O3S3. The van der Waals surface area contributed by atoms with Gasteiger partial charge in [-0.25, -0.2) is 8.42 Å². The van der Waals surface area contributed by atoms with Crippen LogP contribution in [0.5, 0.6) is 0 Å². The van der Waals surface area contributed by atoms with Gasteiger partial charge in [0.15, 0.2) is 4.34 Å². The first-order chi connectivity index (χ1) is 11.3. The minimum absolute atomic E-state index is 0.332. The average Bonchev–Trinajstić information content (AvgIpc) is 2.98. The van der Waals surface area contributed by atoms with Crippen LogP contribution in [-0.4, -0.2) is 43.6 Å². The van der Waals surface area contributed by atoms with E-state index in [0.717, 1.165) is 14.9 Å². The molecular weight excluding hydrogens is 368 g/mol. The molecule has 0 bridgehead atoms. The second-order valence-corrected chi connectivity index (χ2v) is 8.97. The molecule has 0 aliphatic rings. The van der Waals surface area contributed by atoms with Crippen LogP contribution in [0.25, 0.3) is 0 Å². The van der Waals surface area contributed by atoms with Gasteiger partial charge in [-0.3, -0.25) is 14.4 Å². The zero-order chi connectivity index (χ0) is 17.7. The van der Waals surface area contributed by atoms with E-state index in [1.165, 1.54) is 36.2 Å². The summed E-state index contributed by atoms with van der Waals surface area (Å²) in [7, 11) is -1.96. The van der Waals surface area contributed by atoms with Crippen molar-refractivity contribution in [3.63, 3.8) is 0 Å². The number of nitrogens with zero attached hydrogens (tertiary/aromatic N) is 3. The lowest BCUT2D eigenvalue weighted by atomic mass is 10.2. The van der Waals surface area contributed by atoms with Gasteiger partial charge in [0, 0.05) is 18.4 Å². The lowest BCUT2D eigenvalue weighted by molar-refractivity contribution is 0.102. The Morgan fingerprint density at radius 1 is 1.46 bits per heavy atom. The molecule has 1 aromatic carbocycles. The van der Waals surface area contributed by atoms with Gasteiger partial charge < -0.3 is 0 Å². The second-order valence-electron chi connectivity index (χ2n) is 4.71. The van der Waals surface area contributed by atoms with E-state index in [-0.39, 0.29) is 5.91 Å². The molecule has 0 aliphatic carbocycles. The third-order valence-corrected chi connectivity index (χ3v) is 6.09. The van der Waals surface area contributed by atoms with Crippen molar-refractivity contribution in [2.75, 3.05) is 28.7 Å². The monoisotopic (exact) mass is 384 g/mol. The number of amides is 1. The molecule has 1 N–H and O–H groups in total. The quantitative estimate of drug-likeness (QED) is 0.448. The molecule has 24 heavy (non-hydrogen) atoms. The topological polar surface area (TPSA) is 92.3 Å². The van der Waals surface area contributed by atoms with Crippen molar-refractivity contribution >= 4 is 49.8 Å². The molecule has 2 aromatic rings. The highest BCUT2D eigenvalue weighted by molar-refractivity contribution is 8.01. The Kier molecular flexibility index (Phi) is 5.97. The van der Waals surface area contributed by atoms with Crippen LogP contribution < -0.4 is 9.62 Å². The molecule has 0 aliphatic heterocycles. The zero-order valence-corrected chi connectivity index (χ0v) is 15.5. The number of carbonyl (C=O) groups excluding carboxylic acids is 1. The first kappa shape index (κ1) is 18.4. The molecule has 10 heteroatoms. The minimum Gasteiger partial charge on any atom is -0.296 e. The van der Waals surface area contributed by atoms with Gasteiger partial charge >= 0.3 is 0 Å². The molecule has 0 radical (unpaired) electrons. The summed E-state index contributed by atoms with van der Waals surface area (Å²) in [5.41, 5.74) is 0.739. The molecule has 0 unspecified atom stereocenters. The first-order valence-corrected chi connectivity index (χ1v) is 10.4. The van der Waals surface area contributed by atoms with Crippen LogP contribution in [0.2, 0.25) is 0 Å². The van der Waals surface area contributed by atoms with E-state index < -0.39 is 10.0 Å². The number of carbonyl (C=O) groups is 1. The summed E-state index contributed by atoms with van der Waals surface area (Å²) < 4.78 is 25.0. The van der Waals surface area contributed by atoms with Gasteiger partial charge in [-0.2, -0.15) is 0 Å². The Bertz CT molecular complexity index is 848. The maximum absolute atomic E-state index is 12.3. The lowest BCUT2D eigenvalue weighted by Gasteiger charge is -2.17. The number of aromatic nitrogens is 2. The Labute approximate surface area is 148 Å². The van der Waals surface area contributed by atoms with Gasteiger partial charge in [-0.15, -0.1) is 16.8 Å². The number of hydrogen-bond acceptors (Lipinski definition) is 7. The van der Waals surface area contributed by atoms with Crippen molar-refractivity contribution in [3.05, 3.63) is 42.5 Å². The Balaban J connectivity index is 2.12. The van der Waals surface area contributed by atoms with Crippen molar-refractivity contribution in [3.8, 4) is 0 Å².